The highest BCUT2D eigenvalue weighted by Crippen LogP contribution is 2.33. The largest absolute Gasteiger partial charge is 0.481 e. The summed E-state index contributed by atoms with van der Waals surface area (Å²) < 4.78 is 0. The van der Waals surface area contributed by atoms with Crippen molar-refractivity contribution in [1.29, 1.82) is 0 Å². The van der Waals surface area contributed by atoms with Crippen LogP contribution in [0.5, 0.6) is 0 Å². The molecule has 0 saturated carbocycles. The Bertz CT molecular complexity index is 700. The molecule has 0 saturated heterocycles. The molecule has 4 heteroatoms. The molecular weight excluding hydrogens is 302 g/mol. The van der Waals surface area contributed by atoms with E-state index in [2.05, 4.69) is 0 Å². The lowest BCUT2D eigenvalue weighted by Gasteiger charge is -2.31. The van der Waals surface area contributed by atoms with Crippen LogP contribution in [0.3, 0.4) is 0 Å². The van der Waals surface area contributed by atoms with E-state index in [1.54, 1.807) is 4.90 Å². The normalized spacial score (nSPS) is 19.7. The van der Waals surface area contributed by atoms with Crippen LogP contribution in [0.1, 0.15) is 12.8 Å². The van der Waals surface area contributed by atoms with Crippen LogP contribution in [-0.2, 0) is 9.59 Å². The first-order valence-electron chi connectivity index (χ1n) is 8.00. The van der Waals surface area contributed by atoms with Crippen LogP contribution in [0, 0.1) is 11.8 Å². The second-order valence-electron chi connectivity index (χ2n) is 5.84. The summed E-state index contributed by atoms with van der Waals surface area (Å²) in [5.74, 6) is -2.34. The summed E-state index contributed by atoms with van der Waals surface area (Å²) in [5.41, 5.74) is 1.49. The number of aliphatic carboxylic acids is 1. The molecule has 0 aliphatic heterocycles. The SMILES string of the molecule is O=C(O)[C@@H]1CC=CC[C@@H]1C(=O)N(c1ccccc1)c1ccccc1. The molecule has 1 N–H and O–H groups in total. The molecule has 0 heterocycles. The standard InChI is InChI=1S/C20H19NO3/c22-19(17-13-7-8-14-18(17)20(23)24)21(15-9-3-1-4-10-15)16-11-5-2-6-12-16/h1-12,17-18H,13-14H2,(H,23,24)/t17-,18+/m0/s1. The second kappa shape index (κ2) is 7.13. The molecule has 1 aliphatic carbocycles. The fourth-order valence-corrected chi connectivity index (χ4v) is 3.08. The lowest BCUT2D eigenvalue weighted by Crippen LogP contribution is -2.39. The average molecular weight is 321 g/mol. The highest BCUT2D eigenvalue weighted by atomic mass is 16.4. The van der Waals surface area contributed by atoms with Gasteiger partial charge in [0.05, 0.1) is 11.8 Å². The van der Waals surface area contributed by atoms with Gasteiger partial charge in [0.15, 0.2) is 0 Å². The molecule has 0 aromatic heterocycles. The van der Waals surface area contributed by atoms with Gasteiger partial charge < -0.3 is 5.11 Å². The minimum absolute atomic E-state index is 0.177. The van der Waals surface area contributed by atoms with Gasteiger partial charge in [0, 0.05) is 11.4 Å². The van der Waals surface area contributed by atoms with Crippen molar-refractivity contribution < 1.29 is 14.7 Å². The Morgan fingerprint density at radius 2 is 1.25 bits per heavy atom. The summed E-state index contributed by atoms with van der Waals surface area (Å²) in [6, 6.07) is 18.7. The first-order chi connectivity index (χ1) is 11.7. The van der Waals surface area contributed by atoms with Crippen LogP contribution >= 0.6 is 0 Å². The number of carbonyl (C=O) groups is 2. The molecule has 24 heavy (non-hydrogen) atoms. The molecule has 3 rings (SSSR count). The monoisotopic (exact) mass is 321 g/mol. The third kappa shape index (κ3) is 3.23. The number of hydrogen-bond acceptors (Lipinski definition) is 2. The van der Waals surface area contributed by atoms with Gasteiger partial charge in [-0.05, 0) is 37.1 Å². The molecule has 2 aromatic carbocycles. The molecule has 0 fully saturated rings. The maximum Gasteiger partial charge on any atom is 0.307 e. The highest BCUT2D eigenvalue weighted by Gasteiger charge is 2.37. The minimum atomic E-state index is -0.918. The summed E-state index contributed by atoms with van der Waals surface area (Å²) in [6.07, 6.45) is 4.59. The van der Waals surface area contributed by atoms with E-state index in [9.17, 15) is 14.7 Å². The van der Waals surface area contributed by atoms with Crippen LogP contribution in [0.25, 0.3) is 0 Å². The Morgan fingerprint density at radius 3 is 1.71 bits per heavy atom. The van der Waals surface area contributed by atoms with E-state index < -0.39 is 17.8 Å². The van der Waals surface area contributed by atoms with E-state index in [1.165, 1.54) is 0 Å². The molecule has 0 radical (unpaired) electrons. The molecule has 0 unspecified atom stereocenters. The third-order valence-corrected chi connectivity index (χ3v) is 4.32. The minimum Gasteiger partial charge on any atom is -0.481 e. The van der Waals surface area contributed by atoms with Gasteiger partial charge in [-0.25, -0.2) is 0 Å². The maximum atomic E-state index is 13.2. The predicted octanol–water partition coefficient (Wildman–Crippen LogP) is 4.02. The number of carboxylic acid groups (broad SMARTS) is 1. The summed E-state index contributed by atoms with van der Waals surface area (Å²) >= 11 is 0. The lowest BCUT2D eigenvalue weighted by molar-refractivity contribution is -0.146. The molecule has 0 spiro atoms. The van der Waals surface area contributed by atoms with Crippen molar-refractivity contribution in [3.8, 4) is 0 Å². The fourth-order valence-electron chi connectivity index (χ4n) is 3.08. The first-order valence-corrected chi connectivity index (χ1v) is 8.00. The number of carboxylic acids is 1. The van der Waals surface area contributed by atoms with E-state index in [1.807, 2.05) is 72.8 Å². The summed E-state index contributed by atoms with van der Waals surface area (Å²) in [7, 11) is 0. The molecule has 0 bridgehead atoms. The second-order valence-corrected chi connectivity index (χ2v) is 5.84. The van der Waals surface area contributed by atoms with Crippen LogP contribution < -0.4 is 4.90 Å². The van der Waals surface area contributed by atoms with Gasteiger partial charge >= 0.3 is 5.97 Å². The summed E-state index contributed by atoms with van der Waals surface area (Å²) in [5, 5.41) is 9.48. The smallest absolute Gasteiger partial charge is 0.307 e. The lowest BCUT2D eigenvalue weighted by atomic mass is 9.82. The zero-order valence-electron chi connectivity index (χ0n) is 13.2. The van der Waals surface area contributed by atoms with E-state index >= 15 is 0 Å². The molecule has 1 amide bonds. The van der Waals surface area contributed by atoms with Crippen LogP contribution in [0.2, 0.25) is 0 Å². The van der Waals surface area contributed by atoms with Gasteiger partial charge in [-0.3, -0.25) is 14.5 Å². The first kappa shape index (κ1) is 16.0. The fraction of sp³-hybridized carbons (Fsp3) is 0.200. The summed E-state index contributed by atoms with van der Waals surface area (Å²) in [4.78, 5) is 26.4. The Morgan fingerprint density at radius 1 is 0.792 bits per heavy atom. The van der Waals surface area contributed by atoms with Crippen molar-refractivity contribution in [3.63, 3.8) is 0 Å². The molecular formula is C20H19NO3. The van der Waals surface area contributed by atoms with Crippen molar-refractivity contribution in [1.82, 2.24) is 0 Å². The van der Waals surface area contributed by atoms with Gasteiger partial charge in [0.1, 0.15) is 0 Å². The van der Waals surface area contributed by atoms with Gasteiger partial charge in [0.2, 0.25) is 5.91 Å². The Kier molecular flexibility index (Phi) is 4.75. The Labute approximate surface area is 141 Å². The van der Waals surface area contributed by atoms with Crippen LogP contribution in [0.4, 0.5) is 11.4 Å². The van der Waals surface area contributed by atoms with Crippen molar-refractivity contribution in [3.05, 3.63) is 72.8 Å². The average Bonchev–Trinajstić information content (AvgIpc) is 2.63. The molecule has 1 aliphatic rings. The molecule has 122 valence electrons. The molecule has 2 atom stereocenters. The van der Waals surface area contributed by atoms with E-state index in [0.717, 1.165) is 11.4 Å². The number of para-hydroxylation sites is 2. The Balaban J connectivity index is 2.01. The van der Waals surface area contributed by atoms with E-state index in [4.69, 9.17) is 0 Å². The van der Waals surface area contributed by atoms with Gasteiger partial charge in [-0.15, -0.1) is 0 Å². The number of hydrogen-bond donors (Lipinski definition) is 1. The van der Waals surface area contributed by atoms with Crippen molar-refractivity contribution in [2.75, 3.05) is 4.90 Å². The zero-order chi connectivity index (χ0) is 16.9. The zero-order valence-corrected chi connectivity index (χ0v) is 13.2. The number of allylic oxidation sites excluding steroid dienone is 2. The number of anilines is 2. The number of rotatable bonds is 4. The van der Waals surface area contributed by atoms with Crippen molar-refractivity contribution in [2.24, 2.45) is 11.8 Å². The number of amides is 1. The van der Waals surface area contributed by atoms with Gasteiger partial charge in [0.25, 0.3) is 0 Å². The van der Waals surface area contributed by atoms with Gasteiger partial charge in [-0.2, -0.15) is 0 Å². The topological polar surface area (TPSA) is 57.6 Å². The maximum absolute atomic E-state index is 13.2. The molecule has 4 nitrogen and oxygen atoms in total. The third-order valence-electron chi connectivity index (χ3n) is 4.32. The quantitative estimate of drug-likeness (QED) is 0.865. The highest BCUT2D eigenvalue weighted by molar-refractivity contribution is 6.03. The predicted molar refractivity (Wildman–Crippen MR) is 93.0 cm³/mol. The van der Waals surface area contributed by atoms with Crippen molar-refractivity contribution in [2.45, 2.75) is 12.8 Å². The number of carbonyl (C=O) groups excluding carboxylic acids is 1. The van der Waals surface area contributed by atoms with Crippen LogP contribution in [0.15, 0.2) is 72.8 Å². The van der Waals surface area contributed by atoms with E-state index in [-0.39, 0.29) is 5.91 Å². The van der Waals surface area contributed by atoms with Crippen LogP contribution in [-0.4, -0.2) is 17.0 Å². The van der Waals surface area contributed by atoms with Gasteiger partial charge in [-0.1, -0.05) is 48.6 Å². The number of nitrogens with zero attached hydrogens (tertiary/aromatic N) is 1. The van der Waals surface area contributed by atoms with Crippen molar-refractivity contribution >= 4 is 23.3 Å². The summed E-state index contributed by atoms with van der Waals surface area (Å²) in [6.45, 7) is 0. The number of benzene rings is 2. The molecule has 2 aromatic rings. The Hall–Kier alpha value is -2.88. The van der Waals surface area contributed by atoms with E-state index in [0.29, 0.717) is 12.8 Å².